The van der Waals surface area contributed by atoms with Crippen LogP contribution >= 0.6 is 0 Å². The Bertz CT molecular complexity index is 476. The van der Waals surface area contributed by atoms with Crippen LogP contribution in [0.2, 0.25) is 0 Å². The van der Waals surface area contributed by atoms with Gasteiger partial charge >= 0.3 is 12.0 Å². The van der Waals surface area contributed by atoms with Gasteiger partial charge in [-0.2, -0.15) is 0 Å². The summed E-state index contributed by atoms with van der Waals surface area (Å²) in [6, 6.07) is -0.530. The van der Waals surface area contributed by atoms with Crippen molar-refractivity contribution in [2.75, 3.05) is 14.2 Å². The summed E-state index contributed by atoms with van der Waals surface area (Å²) in [5, 5.41) is 0. The Morgan fingerprint density at radius 2 is 2.13 bits per heavy atom. The van der Waals surface area contributed by atoms with Gasteiger partial charge in [0.2, 0.25) is 0 Å². The van der Waals surface area contributed by atoms with E-state index in [4.69, 9.17) is 0 Å². The Kier molecular flexibility index (Phi) is 1.82. The summed E-state index contributed by atoms with van der Waals surface area (Å²) in [4.78, 5) is 38.7. The van der Waals surface area contributed by atoms with Gasteiger partial charge in [0.1, 0.15) is 6.33 Å². The van der Waals surface area contributed by atoms with Gasteiger partial charge in [-0.3, -0.25) is 9.69 Å². The van der Waals surface area contributed by atoms with Crippen LogP contribution in [0.25, 0.3) is 0 Å². The summed E-state index contributed by atoms with van der Waals surface area (Å²) < 4.78 is 5.46. The van der Waals surface area contributed by atoms with Crippen molar-refractivity contribution in [3.63, 3.8) is 0 Å². The van der Waals surface area contributed by atoms with Gasteiger partial charge in [0, 0.05) is 7.05 Å². The molecule has 0 radical (unpaired) electrons. The molecular weight excluding hydrogens is 202 g/mol. The highest BCUT2D eigenvalue weighted by Gasteiger charge is 2.38. The molecule has 0 N–H and O–H groups in total. The van der Waals surface area contributed by atoms with Crippen molar-refractivity contribution in [2.24, 2.45) is 0 Å². The maximum Gasteiger partial charge on any atom is 0.359 e. The molecule has 1 aromatic heterocycles. The zero-order chi connectivity index (χ0) is 11.2. The Morgan fingerprint density at radius 3 is 2.73 bits per heavy atom. The molecule has 0 saturated heterocycles. The number of hydrogen-bond acceptors (Lipinski definition) is 5. The number of esters is 1. The van der Waals surface area contributed by atoms with Crippen molar-refractivity contribution in [3.8, 4) is 0 Å². The van der Waals surface area contributed by atoms with Crippen LogP contribution in [0.1, 0.15) is 21.0 Å². The Hall–Kier alpha value is -2.18. The largest absolute Gasteiger partial charge is 0.464 e. The molecule has 15 heavy (non-hydrogen) atoms. The minimum atomic E-state index is -0.736. The number of imide groups is 1. The molecular formula is C8H7N3O4. The lowest BCUT2D eigenvalue weighted by atomic mass is 10.3. The van der Waals surface area contributed by atoms with Crippen LogP contribution in [0.4, 0.5) is 4.79 Å². The van der Waals surface area contributed by atoms with Crippen molar-refractivity contribution in [1.29, 1.82) is 0 Å². The van der Waals surface area contributed by atoms with Crippen molar-refractivity contribution in [2.45, 2.75) is 0 Å². The summed E-state index contributed by atoms with van der Waals surface area (Å²) in [7, 11) is 2.51. The summed E-state index contributed by atoms with van der Waals surface area (Å²) in [5.74, 6) is -1.29. The molecule has 1 aromatic rings. The molecule has 0 saturated carbocycles. The molecule has 7 heteroatoms. The molecule has 0 atom stereocenters. The lowest BCUT2D eigenvalue weighted by molar-refractivity contribution is 0.0588. The van der Waals surface area contributed by atoms with Crippen LogP contribution in [-0.2, 0) is 4.74 Å². The van der Waals surface area contributed by atoms with E-state index in [2.05, 4.69) is 9.72 Å². The fourth-order valence-electron chi connectivity index (χ4n) is 1.35. The Labute approximate surface area is 84.2 Å². The number of imidazole rings is 1. The number of carbonyl (C=O) groups excluding carboxylic acids is 3. The number of carbonyl (C=O) groups is 3. The molecule has 0 unspecified atom stereocenters. The van der Waals surface area contributed by atoms with Crippen molar-refractivity contribution in [1.82, 2.24) is 14.5 Å². The van der Waals surface area contributed by atoms with E-state index in [0.717, 1.165) is 15.8 Å². The van der Waals surface area contributed by atoms with Gasteiger partial charge in [0.25, 0.3) is 5.91 Å². The van der Waals surface area contributed by atoms with E-state index < -0.39 is 17.9 Å². The van der Waals surface area contributed by atoms with Gasteiger partial charge in [0.05, 0.1) is 7.11 Å². The minimum absolute atomic E-state index is 0.0469. The maximum atomic E-state index is 11.5. The first-order chi connectivity index (χ1) is 7.07. The third-order valence-electron chi connectivity index (χ3n) is 2.15. The van der Waals surface area contributed by atoms with Crippen molar-refractivity contribution in [3.05, 3.63) is 17.7 Å². The van der Waals surface area contributed by atoms with Crippen LogP contribution in [-0.4, -0.2) is 46.5 Å². The molecule has 2 amide bonds. The second kappa shape index (κ2) is 2.91. The highest BCUT2D eigenvalue weighted by molar-refractivity contribution is 6.15. The number of amides is 2. The van der Waals surface area contributed by atoms with Crippen molar-refractivity contribution < 1.29 is 19.1 Å². The lowest BCUT2D eigenvalue weighted by Gasteiger charge is -2.02. The van der Waals surface area contributed by atoms with Gasteiger partial charge in [-0.1, -0.05) is 0 Å². The summed E-state index contributed by atoms with van der Waals surface area (Å²) in [5.41, 5.74) is -0.186. The van der Waals surface area contributed by atoms with E-state index >= 15 is 0 Å². The average Bonchev–Trinajstić information content (AvgIpc) is 2.75. The zero-order valence-corrected chi connectivity index (χ0v) is 8.05. The first-order valence-corrected chi connectivity index (χ1v) is 4.06. The quantitative estimate of drug-likeness (QED) is 0.594. The highest BCUT2D eigenvalue weighted by Crippen LogP contribution is 2.18. The number of fused-ring (bicyclic) bond motifs is 1. The first kappa shape index (κ1) is 9.38. The molecule has 78 valence electrons. The second-order valence-corrected chi connectivity index (χ2v) is 2.95. The fraction of sp³-hybridized carbons (Fsp3) is 0.250. The predicted molar refractivity (Wildman–Crippen MR) is 46.5 cm³/mol. The number of hydrogen-bond donors (Lipinski definition) is 0. The Balaban J connectivity index is 2.59. The molecule has 0 aliphatic carbocycles. The van der Waals surface area contributed by atoms with Crippen LogP contribution in [0.15, 0.2) is 6.33 Å². The van der Waals surface area contributed by atoms with E-state index in [1.165, 1.54) is 14.2 Å². The monoisotopic (exact) mass is 209 g/mol. The lowest BCUT2D eigenvalue weighted by Crippen LogP contribution is -2.26. The molecule has 2 rings (SSSR count). The molecule has 7 nitrogen and oxygen atoms in total. The SMILES string of the molecule is COC(=O)c1ncn2c1C(=O)N(C)C2=O. The van der Waals surface area contributed by atoms with E-state index in [1.807, 2.05) is 0 Å². The molecule has 1 aliphatic heterocycles. The van der Waals surface area contributed by atoms with Crippen molar-refractivity contribution >= 4 is 17.9 Å². The smallest absolute Gasteiger partial charge is 0.359 e. The highest BCUT2D eigenvalue weighted by atomic mass is 16.5. The zero-order valence-electron chi connectivity index (χ0n) is 8.05. The molecule has 0 aromatic carbocycles. The molecule has 1 aliphatic rings. The fourth-order valence-corrected chi connectivity index (χ4v) is 1.35. The molecule has 2 heterocycles. The maximum absolute atomic E-state index is 11.5. The van der Waals surface area contributed by atoms with Crippen LogP contribution < -0.4 is 0 Å². The first-order valence-electron chi connectivity index (χ1n) is 4.06. The predicted octanol–water partition coefficient (Wildman–Crippen LogP) is -0.277. The summed E-state index contributed by atoms with van der Waals surface area (Å²) in [6.07, 6.45) is 1.13. The summed E-state index contributed by atoms with van der Waals surface area (Å²) >= 11 is 0. The Morgan fingerprint density at radius 1 is 1.47 bits per heavy atom. The number of aromatic nitrogens is 2. The van der Waals surface area contributed by atoms with Gasteiger partial charge in [-0.05, 0) is 0 Å². The van der Waals surface area contributed by atoms with Gasteiger partial charge in [-0.25, -0.2) is 19.1 Å². The minimum Gasteiger partial charge on any atom is -0.464 e. The van der Waals surface area contributed by atoms with E-state index in [1.54, 1.807) is 0 Å². The van der Waals surface area contributed by atoms with E-state index in [-0.39, 0.29) is 11.4 Å². The third kappa shape index (κ3) is 1.06. The molecule has 0 fully saturated rings. The molecule has 0 bridgehead atoms. The third-order valence-corrected chi connectivity index (χ3v) is 2.15. The number of ether oxygens (including phenoxy) is 1. The summed E-state index contributed by atoms with van der Waals surface area (Å²) in [6.45, 7) is 0. The van der Waals surface area contributed by atoms with Gasteiger partial charge in [0.15, 0.2) is 11.4 Å². The van der Waals surface area contributed by atoms with Gasteiger partial charge < -0.3 is 4.74 Å². The van der Waals surface area contributed by atoms with Crippen LogP contribution in [0.5, 0.6) is 0 Å². The van der Waals surface area contributed by atoms with Crippen LogP contribution in [0, 0.1) is 0 Å². The van der Waals surface area contributed by atoms with E-state index in [0.29, 0.717) is 0 Å². The average molecular weight is 209 g/mol. The van der Waals surface area contributed by atoms with Crippen LogP contribution in [0.3, 0.4) is 0 Å². The standard InChI is InChI=1S/C8H7N3O4/c1-10-6(12)5-4(7(13)15-2)9-3-11(5)8(10)14/h3H,1-2H3. The number of nitrogens with zero attached hydrogens (tertiary/aromatic N) is 3. The molecule has 0 spiro atoms. The van der Waals surface area contributed by atoms with Gasteiger partial charge in [-0.15, -0.1) is 0 Å². The second-order valence-electron chi connectivity index (χ2n) is 2.95. The number of rotatable bonds is 1. The normalized spacial score (nSPS) is 14.4. The topological polar surface area (TPSA) is 81.5 Å². The number of methoxy groups -OCH3 is 1. The van der Waals surface area contributed by atoms with E-state index in [9.17, 15) is 14.4 Å².